The Morgan fingerprint density at radius 3 is 1.26 bits per heavy atom. The second-order valence-corrected chi connectivity index (χ2v) is 20.1. The van der Waals surface area contributed by atoms with Gasteiger partial charge in [0.25, 0.3) is 0 Å². The Balaban J connectivity index is 0.000000408. The maximum atomic E-state index is 13.4. The smallest absolute Gasteiger partial charge is 0.218 e. The lowest BCUT2D eigenvalue weighted by Crippen LogP contribution is -2.55. The van der Waals surface area contributed by atoms with Crippen LogP contribution in [0.4, 0.5) is 17.6 Å². The molecule has 12 heteroatoms. The zero-order chi connectivity index (χ0) is 47.1. The molecular weight excluding hydrogens is 864 g/mol. The van der Waals surface area contributed by atoms with Crippen LogP contribution in [0.3, 0.4) is 0 Å². The lowest BCUT2D eigenvalue weighted by Gasteiger charge is -2.40. The lowest BCUT2D eigenvalue weighted by atomic mass is 9.79. The molecule has 2 aliphatic rings. The van der Waals surface area contributed by atoms with Gasteiger partial charge in [0.1, 0.15) is 23.3 Å². The van der Waals surface area contributed by atoms with Crippen LogP contribution in [0.5, 0.6) is 0 Å². The minimum Gasteiger partial charge on any atom is -0.392 e. The van der Waals surface area contributed by atoms with Crippen molar-refractivity contribution in [3.8, 4) is 0 Å². The molecule has 0 saturated carbocycles. The van der Waals surface area contributed by atoms with Gasteiger partial charge in [-0.3, -0.25) is 4.79 Å². The largest absolute Gasteiger partial charge is 0.392 e. The second kappa shape index (κ2) is 26.8. The molecule has 2 aliphatic heterocycles. The number of rotatable bonds is 14. The number of carbonyl (C=O) groups is 1. The number of nitrogens with one attached hydrogen (secondary N) is 4. The molecule has 0 aliphatic carbocycles. The third kappa shape index (κ3) is 18.8. The van der Waals surface area contributed by atoms with E-state index in [0.717, 1.165) is 64.0 Å². The average molecular weight is 944 g/mol. The SMILES string of the molecule is C.C.CC(=O)Cl.CC(C)(C)c1cccc(C2(NCC(O)CCc3cc(F)cc(F)c3)CCCNC2)c1.CC(C)(C)c1cccc(C2(NCC(O)CCc3cc(F)cc(F)c3)CCCNC2)c1. The molecule has 0 bridgehead atoms. The molecule has 7 nitrogen and oxygen atoms in total. The van der Waals surface area contributed by atoms with Gasteiger partial charge in [-0.1, -0.05) is 105 Å². The molecule has 368 valence electrons. The number of aliphatic hydroxyl groups excluding tert-OH is 2. The molecule has 0 amide bonds. The predicted octanol–water partition coefficient (Wildman–Crippen LogP) is 10.9. The van der Waals surface area contributed by atoms with Gasteiger partial charge in [-0.05, 0) is 145 Å². The van der Waals surface area contributed by atoms with E-state index in [1.165, 1.54) is 53.4 Å². The first-order valence-electron chi connectivity index (χ1n) is 22.6. The van der Waals surface area contributed by atoms with Gasteiger partial charge in [0, 0.05) is 45.2 Å². The molecule has 6 N–H and O–H groups in total. The standard InChI is InChI=1S/2C25H34F2N2O.C2H3ClO.2CH4/c2*1-24(2,3)19-6-4-7-20(14-19)25(10-5-11-28-17-25)29-16-23(30)9-8-18-12-21(26)15-22(27)13-18;1-2(3)4;;/h2*4,6-7,12-15,23,28-30H,5,8-11,16-17H2,1-3H3;1H3;2*1H4. The Morgan fingerprint density at radius 2 is 0.970 bits per heavy atom. The number of hydrogen-bond donors (Lipinski definition) is 6. The van der Waals surface area contributed by atoms with Crippen LogP contribution in [0.15, 0.2) is 84.9 Å². The van der Waals surface area contributed by atoms with Gasteiger partial charge in [0.05, 0.1) is 23.3 Å². The van der Waals surface area contributed by atoms with E-state index in [2.05, 4.69) is 123 Å². The normalized spacial score (nSPS) is 19.4. The number of piperidine rings is 2. The predicted molar refractivity (Wildman–Crippen MR) is 265 cm³/mol. The monoisotopic (exact) mass is 943 g/mol. The van der Waals surface area contributed by atoms with E-state index in [1.54, 1.807) is 0 Å². The van der Waals surface area contributed by atoms with Gasteiger partial charge < -0.3 is 31.5 Å². The minimum absolute atomic E-state index is 0. The van der Waals surface area contributed by atoms with E-state index in [1.807, 2.05) is 0 Å². The van der Waals surface area contributed by atoms with Gasteiger partial charge in [0.15, 0.2) is 0 Å². The summed E-state index contributed by atoms with van der Waals surface area (Å²) in [5.41, 5.74) is 5.87. The van der Waals surface area contributed by atoms with Gasteiger partial charge in [0.2, 0.25) is 5.24 Å². The summed E-state index contributed by atoms with van der Waals surface area (Å²) in [7, 11) is 0. The molecule has 6 rings (SSSR count). The molecule has 4 atom stereocenters. The Hall–Kier alpha value is -3.68. The van der Waals surface area contributed by atoms with E-state index < -0.39 is 35.5 Å². The van der Waals surface area contributed by atoms with Crippen LogP contribution in [0.25, 0.3) is 0 Å². The molecule has 2 heterocycles. The molecule has 0 aromatic heterocycles. The number of benzene rings is 4. The van der Waals surface area contributed by atoms with Crippen molar-refractivity contribution in [3.63, 3.8) is 0 Å². The van der Waals surface area contributed by atoms with Crippen LogP contribution in [-0.4, -0.2) is 66.9 Å². The fourth-order valence-corrected chi connectivity index (χ4v) is 8.38. The second-order valence-electron chi connectivity index (χ2n) is 19.6. The van der Waals surface area contributed by atoms with E-state index in [-0.39, 0.29) is 42.0 Å². The van der Waals surface area contributed by atoms with Crippen molar-refractivity contribution < 1.29 is 32.6 Å². The summed E-state index contributed by atoms with van der Waals surface area (Å²) < 4.78 is 53.5. The zero-order valence-electron chi connectivity index (χ0n) is 38.8. The van der Waals surface area contributed by atoms with Gasteiger partial charge in [-0.15, -0.1) is 0 Å². The van der Waals surface area contributed by atoms with Crippen molar-refractivity contribution in [2.45, 2.75) is 149 Å². The topological polar surface area (TPSA) is 106 Å². The third-order valence-corrected chi connectivity index (χ3v) is 12.1. The lowest BCUT2D eigenvalue weighted by molar-refractivity contribution is -0.109. The highest BCUT2D eigenvalue weighted by Crippen LogP contribution is 2.34. The first kappa shape index (κ1) is 58.4. The van der Waals surface area contributed by atoms with Crippen LogP contribution < -0.4 is 21.3 Å². The van der Waals surface area contributed by atoms with Crippen molar-refractivity contribution in [2.24, 2.45) is 0 Å². The fourth-order valence-electron chi connectivity index (χ4n) is 8.38. The zero-order valence-corrected chi connectivity index (χ0v) is 39.6. The quantitative estimate of drug-likeness (QED) is 0.0553. The summed E-state index contributed by atoms with van der Waals surface area (Å²) in [5, 5.41) is 35.0. The van der Waals surface area contributed by atoms with E-state index >= 15 is 0 Å². The Labute approximate surface area is 398 Å². The number of halogens is 5. The highest BCUT2D eigenvalue weighted by atomic mass is 35.5. The summed E-state index contributed by atoms with van der Waals surface area (Å²) in [6, 6.07) is 24.5. The summed E-state index contributed by atoms with van der Waals surface area (Å²) in [4.78, 5) is 9.21. The number of aryl methyl sites for hydroxylation is 2. The van der Waals surface area contributed by atoms with Gasteiger partial charge >= 0.3 is 0 Å². The minimum atomic E-state index is -0.596. The van der Waals surface area contributed by atoms with Crippen molar-refractivity contribution >= 4 is 16.8 Å². The van der Waals surface area contributed by atoms with Crippen LogP contribution in [-0.2, 0) is 39.5 Å². The molecular formula is C54H79ClF4N4O3. The first-order valence-corrected chi connectivity index (χ1v) is 23.0. The fraction of sp³-hybridized carbons (Fsp3) is 0.537. The van der Waals surface area contributed by atoms with E-state index in [0.29, 0.717) is 49.9 Å². The van der Waals surface area contributed by atoms with Gasteiger partial charge in [-0.2, -0.15) is 0 Å². The van der Waals surface area contributed by atoms with Crippen molar-refractivity contribution in [3.05, 3.63) is 142 Å². The van der Waals surface area contributed by atoms with Crippen molar-refractivity contribution in [1.29, 1.82) is 0 Å². The first-order chi connectivity index (χ1) is 30.1. The number of carbonyl (C=O) groups excluding carboxylic acids is 1. The van der Waals surface area contributed by atoms with Crippen LogP contribution in [0, 0.1) is 23.3 Å². The number of aliphatic hydroxyl groups is 2. The maximum Gasteiger partial charge on any atom is 0.218 e. The van der Waals surface area contributed by atoms with E-state index in [4.69, 9.17) is 0 Å². The molecule has 66 heavy (non-hydrogen) atoms. The summed E-state index contributed by atoms with van der Waals surface area (Å²) in [6.45, 7) is 19.0. The molecule has 2 fully saturated rings. The highest BCUT2D eigenvalue weighted by Gasteiger charge is 2.36. The molecule has 2 saturated heterocycles. The molecule has 4 unspecified atom stereocenters. The van der Waals surface area contributed by atoms with Crippen molar-refractivity contribution in [2.75, 3.05) is 39.3 Å². The van der Waals surface area contributed by atoms with Crippen LogP contribution in [0.2, 0.25) is 0 Å². The van der Waals surface area contributed by atoms with Crippen molar-refractivity contribution in [1.82, 2.24) is 21.3 Å². The maximum absolute atomic E-state index is 13.4. The summed E-state index contributed by atoms with van der Waals surface area (Å²) in [6.07, 6.45) is 4.68. The molecule has 0 radical (unpaired) electrons. The third-order valence-electron chi connectivity index (χ3n) is 12.1. The summed E-state index contributed by atoms with van der Waals surface area (Å²) in [5.74, 6) is -2.32. The van der Waals surface area contributed by atoms with E-state index in [9.17, 15) is 32.6 Å². The number of hydrogen-bond acceptors (Lipinski definition) is 7. The molecule has 4 aromatic carbocycles. The molecule has 4 aromatic rings. The van der Waals surface area contributed by atoms with Gasteiger partial charge in [-0.25, -0.2) is 17.6 Å². The average Bonchev–Trinajstić information content (AvgIpc) is 3.23. The van der Waals surface area contributed by atoms with Crippen LogP contribution >= 0.6 is 11.6 Å². The molecule has 0 spiro atoms. The Morgan fingerprint density at radius 1 is 0.636 bits per heavy atom. The Kier molecular flexibility index (Phi) is 23.7. The summed E-state index contributed by atoms with van der Waals surface area (Å²) >= 11 is 4.64. The highest BCUT2D eigenvalue weighted by molar-refractivity contribution is 6.62. The Bertz CT molecular complexity index is 1890. The van der Waals surface area contributed by atoms with Crippen LogP contribution in [0.1, 0.15) is 135 Å².